The van der Waals surface area contributed by atoms with Crippen LogP contribution in [0.1, 0.15) is 39.8 Å². The summed E-state index contributed by atoms with van der Waals surface area (Å²) in [5, 5.41) is 3.09. The van der Waals surface area contributed by atoms with Crippen molar-refractivity contribution in [2.75, 3.05) is 5.32 Å². The van der Waals surface area contributed by atoms with E-state index < -0.39 is 0 Å². The lowest BCUT2D eigenvalue weighted by molar-refractivity contribution is 0.102. The number of anilines is 1. The van der Waals surface area contributed by atoms with Crippen molar-refractivity contribution in [2.24, 2.45) is 0 Å². The summed E-state index contributed by atoms with van der Waals surface area (Å²) in [7, 11) is 0. The zero-order chi connectivity index (χ0) is 17.4. The first-order valence-electron chi connectivity index (χ1n) is 7.96. The first-order valence-corrected chi connectivity index (χ1v) is 8.75. The Bertz CT molecular complexity index is 943. The van der Waals surface area contributed by atoms with Crippen LogP contribution < -0.4 is 5.32 Å². The predicted molar refractivity (Wildman–Crippen MR) is 101 cm³/mol. The van der Waals surface area contributed by atoms with Crippen molar-refractivity contribution in [3.63, 3.8) is 0 Å². The number of aromatic nitrogens is 2. The van der Waals surface area contributed by atoms with Crippen LogP contribution in [0.25, 0.3) is 5.65 Å². The van der Waals surface area contributed by atoms with Gasteiger partial charge in [0, 0.05) is 16.4 Å². The Balaban J connectivity index is 2.06. The average molecular weight is 386 g/mol. The first-order chi connectivity index (χ1) is 11.4. The molecule has 0 saturated heterocycles. The van der Waals surface area contributed by atoms with Gasteiger partial charge in [-0.1, -0.05) is 28.9 Å². The lowest BCUT2D eigenvalue weighted by atomic mass is 10.1. The second-order valence-electron chi connectivity index (χ2n) is 6.04. The van der Waals surface area contributed by atoms with Crippen LogP contribution in [0.4, 0.5) is 5.69 Å². The first kappa shape index (κ1) is 16.7. The van der Waals surface area contributed by atoms with Crippen LogP contribution in [0.5, 0.6) is 0 Å². The number of fused-ring (bicyclic) bond motifs is 1. The van der Waals surface area contributed by atoms with Gasteiger partial charge < -0.3 is 5.32 Å². The molecule has 3 rings (SSSR count). The molecule has 0 bridgehead atoms. The zero-order valence-corrected chi connectivity index (χ0v) is 15.9. The number of pyridine rings is 1. The van der Waals surface area contributed by atoms with Crippen molar-refractivity contribution in [2.45, 2.75) is 34.1 Å². The van der Waals surface area contributed by atoms with Crippen molar-refractivity contribution in [3.05, 3.63) is 63.0 Å². The molecule has 2 heterocycles. The number of aryl methyl sites for hydroxylation is 4. The van der Waals surface area contributed by atoms with Crippen molar-refractivity contribution < 1.29 is 4.79 Å². The van der Waals surface area contributed by atoms with Crippen LogP contribution in [-0.2, 0) is 6.42 Å². The number of benzene rings is 1. The molecule has 0 unspecified atom stereocenters. The summed E-state index contributed by atoms with van der Waals surface area (Å²) in [5.74, 6) is -0.134. The van der Waals surface area contributed by atoms with Gasteiger partial charge in [-0.3, -0.25) is 9.20 Å². The van der Waals surface area contributed by atoms with Crippen LogP contribution >= 0.6 is 15.9 Å². The Morgan fingerprint density at radius 2 is 2.00 bits per heavy atom. The molecule has 4 nitrogen and oxygen atoms in total. The summed E-state index contributed by atoms with van der Waals surface area (Å²) in [6.45, 7) is 7.96. The minimum Gasteiger partial charge on any atom is -0.320 e. The number of hydrogen-bond acceptors (Lipinski definition) is 2. The van der Waals surface area contributed by atoms with Crippen molar-refractivity contribution in [3.8, 4) is 0 Å². The van der Waals surface area contributed by atoms with E-state index >= 15 is 0 Å². The van der Waals surface area contributed by atoms with E-state index in [2.05, 4.69) is 33.2 Å². The third-order valence-electron chi connectivity index (χ3n) is 4.16. The Morgan fingerprint density at radius 3 is 2.71 bits per heavy atom. The number of amides is 1. The summed E-state index contributed by atoms with van der Waals surface area (Å²) in [5.41, 5.74) is 6.21. The fourth-order valence-corrected chi connectivity index (χ4v) is 3.60. The van der Waals surface area contributed by atoms with Gasteiger partial charge in [-0.15, -0.1) is 0 Å². The van der Waals surface area contributed by atoms with Gasteiger partial charge in [0.05, 0.1) is 5.69 Å². The minimum absolute atomic E-state index is 0.134. The topological polar surface area (TPSA) is 46.4 Å². The largest absolute Gasteiger partial charge is 0.320 e. The fraction of sp³-hybridized carbons (Fsp3) is 0.263. The quantitative estimate of drug-likeness (QED) is 0.701. The van der Waals surface area contributed by atoms with E-state index in [1.54, 1.807) is 0 Å². The molecule has 5 heteroatoms. The summed E-state index contributed by atoms with van der Waals surface area (Å²) in [4.78, 5) is 17.4. The van der Waals surface area contributed by atoms with E-state index in [0.717, 1.165) is 44.6 Å². The standard InChI is InChI=1S/C19H20BrN3O/c1-5-14-9-15(20)8-12(3)17(14)22-19(24)18-13(4)21-16-7-6-11(2)10-23(16)18/h6-10H,5H2,1-4H3,(H,22,24). The van der Waals surface area contributed by atoms with Crippen LogP contribution in [0.3, 0.4) is 0 Å². The van der Waals surface area contributed by atoms with Gasteiger partial charge in [0.15, 0.2) is 0 Å². The summed E-state index contributed by atoms with van der Waals surface area (Å²) < 4.78 is 2.89. The number of carbonyl (C=O) groups is 1. The van der Waals surface area contributed by atoms with Gasteiger partial charge in [0.1, 0.15) is 11.3 Å². The molecule has 1 N–H and O–H groups in total. The van der Waals surface area contributed by atoms with E-state index in [4.69, 9.17) is 0 Å². The summed E-state index contributed by atoms with van der Waals surface area (Å²) >= 11 is 3.52. The highest BCUT2D eigenvalue weighted by atomic mass is 79.9. The number of halogens is 1. The normalized spacial score (nSPS) is 11.0. The second-order valence-corrected chi connectivity index (χ2v) is 6.96. The average Bonchev–Trinajstić information content (AvgIpc) is 2.84. The fourth-order valence-electron chi connectivity index (χ4n) is 2.99. The van der Waals surface area contributed by atoms with Gasteiger partial charge in [-0.2, -0.15) is 0 Å². The van der Waals surface area contributed by atoms with Crippen LogP contribution in [-0.4, -0.2) is 15.3 Å². The van der Waals surface area contributed by atoms with E-state index in [-0.39, 0.29) is 5.91 Å². The molecule has 3 aromatic rings. The number of nitrogens with one attached hydrogen (secondary N) is 1. The summed E-state index contributed by atoms with van der Waals surface area (Å²) in [6, 6.07) is 7.99. The monoisotopic (exact) mass is 385 g/mol. The third-order valence-corrected chi connectivity index (χ3v) is 4.62. The van der Waals surface area contributed by atoms with E-state index in [1.807, 2.05) is 55.6 Å². The smallest absolute Gasteiger partial charge is 0.274 e. The highest BCUT2D eigenvalue weighted by Gasteiger charge is 2.18. The molecule has 24 heavy (non-hydrogen) atoms. The molecule has 0 radical (unpaired) electrons. The third kappa shape index (κ3) is 2.96. The van der Waals surface area contributed by atoms with Crippen molar-refractivity contribution >= 4 is 33.2 Å². The van der Waals surface area contributed by atoms with Gasteiger partial charge in [-0.05, 0) is 62.1 Å². The van der Waals surface area contributed by atoms with Gasteiger partial charge in [-0.25, -0.2) is 4.98 Å². The van der Waals surface area contributed by atoms with Gasteiger partial charge in [0.2, 0.25) is 0 Å². The molecule has 0 aliphatic carbocycles. The van der Waals surface area contributed by atoms with Crippen molar-refractivity contribution in [1.29, 1.82) is 0 Å². The van der Waals surface area contributed by atoms with E-state index in [9.17, 15) is 4.79 Å². The Labute approximate surface area is 150 Å². The molecule has 0 saturated carbocycles. The molecule has 124 valence electrons. The number of nitrogens with zero attached hydrogens (tertiary/aromatic N) is 2. The number of hydrogen-bond donors (Lipinski definition) is 1. The Kier molecular flexibility index (Phi) is 4.45. The second kappa shape index (κ2) is 6.40. The molecule has 0 atom stereocenters. The molecule has 0 fully saturated rings. The molecule has 0 aliphatic heterocycles. The maximum atomic E-state index is 12.9. The molecule has 1 amide bonds. The van der Waals surface area contributed by atoms with Gasteiger partial charge in [0.25, 0.3) is 5.91 Å². The lowest BCUT2D eigenvalue weighted by Crippen LogP contribution is -2.17. The highest BCUT2D eigenvalue weighted by molar-refractivity contribution is 9.10. The molecular weight excluding hydrogens is 366 g/mol. The number of rotatable bonds is 3. The maximum absolute atomic E-state index is 12.9. The molecule has 2 aromatic heterocycles. The van der Waals surface area contributed by atoms with E-state index in [1.165, 1.54) is 0 Å². The Morgan fingerprint density at radius 1 is 1.25 bits per heavy atom. The number of imidazole rings is 1. The maximum Gasteiger partial charge on any atom is 0.274 e. The SMILES string of the molecule is CCc1cc(Br)cc(C)c1NC(=O)c1c(C)nc2ccc(C)cn12. The van der Waals surface area contributed by atoms with Crippen molar-refractivity contribution in [1.82, 2.24) is 9.38 Å². The summed E-state index contributed by atoms with van der Waals surface area (Å²) in [6.07, 6.45) is 2.79. The Hall–Kier alpha value is -2.14. The van der Waals surface area contributed by atoms with Crippen LogP contribution in [0, 0.1) is 20.8 Å². The zero-order valence-electron chi connectivity index (χ0n) is 14.3. The van der Waals surface area contributed by atoms with Gasteiger partial charge >= 0.3 is 0 Å². The lowest BCUT2D eigenvalue weighted by Gasteiger charge is -2.14. The molecule has 1 aromatic carbocycles. The van der Waals surface area contributed by atoms with Crippen LogP contribution in [0.2, 0.25) is 0 Å². The molecule has 0 spiro atoms. The minimum atomic E-state index is -0.134. The molecular formula is C19H20BrN3O. The van der Waals surface area contributed by atoms with Crippen LogP contribution in [0.15, 0.2) is 34.9 Å². The molecule has 0 aliphatic rings. The van der Waals surface area contributed by atoms with E-state index in [0.29, 0.717) is 5.69 Å². The highest BCUT2D eigenvalue weighted by Crippen LogP contribution is 2.27. The number of carbonyl (C=O) groups excluding carboxylic acids is 1. The predicted octanol–water partition coefficient (Wildman–Crippen LogP) is 4.84.